The van der Waals surface area contributed by atoms with Crippen molar-refractivity contribution in [3.63, 3.8) is 0 Å². The third-order valence-electron chi connectivity index (χ3n) is 9.80. The van der Waals surface area contributed by atoms with E-state index in [0.29, 0.717) is 17.5 Å². The summed E-state index contributed by atoms with van der Waals surface area (Å²) in [6.07, 6.45) is 0. The zero-order valence-corrected chi connectivity index (χ0v) is 29.5. The molecule has 0 bridgehead atoms. The Morgan fingerprint density at radius 3 is 1.07 bits per heavy atom. The van der Waals surface area contributed by atoms with E-state index in [1.807, 2.05) is 18.2 Å². The van der Waals surface area contributed by atoms with Crippen LogP contribution in [0.15, 0.2) is 212 Å². The van der Waals surface area contributed by atoms with E-state index in [-0.39, 0.29) is 0 Å². The second-order valence-corrected chi connectivity index (χ2v) is 13.2. The molecule has 0 aliphatic rings. The molecule has 9 aromatic rings. The van der Waals surface area contributed by atoms with Gasteiger partial charge < -0.3 is 0 Å². The lowest BCUT2D eigenvalue weighted by molar-refractivity contribution is 1.07. The van der Waals surface area contributed by atoms with E-state index in [4.69, 9.17) is 15.0 Å². The Labute approximate surface area is 316 Å². The van der Waals surface area contributed by atoms with Crippen molar-refractivity contribution in [2.75, 3.05) is 0 Å². The molecule has 0 aliphatic carbocycles. The van der Waals surface area contributed by atoms with Gasteiger partial charge in [0.2, 0.25) is 0 Å². The van der Waals surface area contributed by atoms with Crippen molar-refractivity contribution in [1.29, 1.82) is 0 Å². The molecule has 54 heavy (non-hydrogen) atoms. The normalized spacial score (nSPS) is 11.0. The molecule has 0 saturated heterocycles. The van der Waals surface area contributed by atoms with Crippen molar-refractivity contribution in [3.05, 3.63) is 212 Å². The van der Waals surface area contributed by atoms with Gasteiger partial charge in [-0.1, -0.05) is 206 Å². The van der Waals surface area contributed by atoms with Crippen LogP contribution in [0.1, 0.15) is 0 Å². The fourth-order valence-electron chi connectivity index (χ4n) is 7.11. The number of rotatable bonds is 8. The van der Waals surface area contributed by atoms with Gasteiger partial charge in [-0.05, 0) is 61.7 Å². The Morgan fingerprint density at radius 1 is 0.185 bits per heavy atom. The van der Waals surface area contributed by atoms with Crippen LogP contribution in [0.2, 0.25) is 0 Å². The fourth-order valence-corrected chi connectivity index (χ4v) is 7.11. The highest BCUT2D eigenvalue weighted by atomic mass is 15.0. The van der Waals surface area contributed by atoms with Gasteiger partial charge in [0.15, 0.2) is 17.5 Å². The van der Waals surface area contributed by atoms with E-state index in [2.05, 4.69) is 194 Å². The number of hydrogen-bond acceptors (Lipinski definition) is 3. The van der Waals surface area contributed by atoms with Crippen molar-refractivity contribution in [1.82, 2.24) is 15.0 Å². The molecule has 0 atom stereocenters. The second-order valence-electron chi connectivity index (χ2n) is 13.2. The Kier molecular flexibility index (Phi) is 8.94. The van der Waals surface area contributed by atoms with Crippen LogP contribution in [0.5, 0.6) is 0 Å². The first-order valence-corrected chi connectivity index (χ1v) is 18.2. The minimum atomic E-state index is 0.616. The second kappa shape index (κ2) is 14.8. The smallest absolute Gasteiger partial charge is 0.164 e. The summed E-state index contributed by atoms with van der Waals surface area (Å²) in [6, 6.07) is 74.1. The molecular formula is C51H35N3. The Hall–Kier alpha value is -7.23. The molecule has 0 fully saturated rings. The van der Waals surface area contributed by atoms with Crippen LogP contribution < -0.4 is 0 Å². The molecule has 1 aromatic heterocycles. The summed E-state index contributed by atoms with van der Waals surface area (Å²) < 4.78 is 0. The summed E-state index contributed by atoms with van der Waals surface area (Å²) in [7, 11) is 0. The Balaban J connectivity index is 1.23. The van der Waals surface area contributed by atoms with Crippen LogP contribution in [-0.4, -0.2) is 15.0 Å². The van der Waals surface area contributed by atoms with Gasteiger partial charge in [0.25, 0.3) is 0 Å². The van der Waals surface area contributed by atoms with Crippen LogP contribution in [0.3, 0.4) is 0 Å². The van der Waals surface area contributed by atoms with E-state index in [1.165, 1.54) is 22.3 Å². The zero-order chi connectivity index (χ0) is 36.1. The fraction of sp³-hybridized carbons (Fsp3) is 0. The van der Waals surface area contributed by atoms with Gasteiger partial charge in [-0.25, -0.2) is 15.0 Å². The first-order valence-electron chi connectivity index (χ1n) is 18.2. The number of hydrogen-bond donors (Lipinski definition) is 0. The van der Waals surface area contributed by atoms with E-state index < -0.39 is 0 Å². The maximum Gasteiger partial charge on any atom is 0.164 e. The molecule has 8 aromatic carbocycles. The molecule has 0 spiro atoms. The monoisotopic (exact) mass is 689 g/mol. The van der Waals surface area contributed by atoms with Crippen LogP contribution in [0, 0.1) is 0 Å². The summed E-state index contributed by atoms with van der Waals surface area (Å²) in [5.74, 6) is 1.86. The van der Waals surface area contributed by atoms with Crippen LogP contribution in [0.25, 0.3) is 89.8 Å². The molecule has 0 amide bonds. The Bertz CT molecular complexity index is 2670. The summed E-state index contributed by atoms with van der Waals surface area (Å²) in [6.45, 7) is 0. The largest absolute Gasteiger partial charge is 0.208 e. The number of nitrogens with zero attached hydrogens (tertiary/aromatic N) is 3. The average Bonchev–Trinajstić information content (AvgIpc) is 3.27. The van der Waals surface area contributed by atoms with Gasteiger partial charge in [-0.15, -0.1) is 0 Å². The number of benzene rings is 8. The third-order valence-corrected chi connectivity index (χ3v) is 9.80. The molecular weight excluding hydrogens is 655 g/mol. The third kappa shape index (κ3) is 6.63. The summed E-state index contributed by atoms with van der Waals surface area (Å²) in [5.41, 5.74) is 14.2. The minimum absolute atomic E-state index is 0.616. The molecule has 3 heteroatoms. The summed E-state index contributed by atoms with van der Waals surface area (Å²) in [4.78, 5) is 15.6. The number of aromatic nitrogens is 3. The van der Waals surface area contributed by atoms with Gasteiger partial charge in [-0.3, -0.25) is 0 Å². The predicted molar refractivity (Wildman–Crippen MR) is 223 cm³/mol. The standard InChI is InChI=1S/C51H35N3/c1-5-17-36(18-6-1)37-29-31-41(32-30-37)49-52-50(54-51(53-49)47-28-16-14-26-44(47)39-21-9-3-10-22-39)42-33-34-46(48(35-42)40-23-11-4-12-24-40)45-27-15-13-25-43(45)38-19-7-2-8-20-38/h1-35H. The van der Waals surface area contributed by atoms with E-state index in [1.54, 1.807) is 0 Å². The highest BCUT2D eigenvalue weighted by Crippen LogP contribution is 2.40. The minimum Gasteiger partial charge on any atom is -0.208 e. The van der Waals surface area contributed by atoms with Crippen molar-refractivity contribution >= 4 is 0 Å². The maximum atomic E-state index is 5.23. The molecule has 1 heterocycles. The van der Waals surface area contributed by atoms with Gasteiger partial charge in [0, 0.05) is 16.7 Å². The van der Waals surface area contributed by atoms with Crippen LogP contribution >= 0.6 is 0 Å². The highest BCUT2D eigenvalue weighted by Gasteiger charge is 2.18. The van der Waals surface area contributed by atoms with Gasteiger partial charge in [0.05, 0.1) is 0 Å². The summed E-state index contributed by atoms with van der Waals surface area (Å²) in [5, 5.41) is 0. The van der Waals surface area contributed by atoms with Crippen molar-refractivity contribution in [3.8, 4) is 89.8 Å². The predicted octanol–water partition coefficient (Wildman–Crippen LogP) is 13.2. The molecule has 0 N–H and O–H groups in total. The maximum absolute atomic E-state index is 5.23. The van der Waals surface area contributed by atoms with Crippen molar-refractivity contribution in [2.24, 2.45) is 0 Å². The van der Waals surface area contributed by atoms with E-state index >= 15 is 0 Å². The first kappa shape index (κ1) is 32.7. The van der Waals surface area contributed by atoms with Gasteiger partial charge in [0.1, 0.15) is 0 Å². The first-order chi connectivity index (χ1) is 26.8. The lowest BCUT2D eigenvalue weighted by Crippen LogP contribution is -2.01. The molecule has 0 aliphatic heterocycles. The van der Waals surface area contributed by atoms with E-state index in [9.17, 15) is 0 Å². The quantitative estimate of drug-likeness (QED) is 0.159. The molecule has 0 radical (unpaired) electrons. The van der Waals surface area contributed by atoms with Gasteiger partial charge in [-0.2, -0.15) is 0 Å². The molecule has 0 unspecified atom stereocenters. The summed E-state index contributed by atoms with van der Waals surface area (Å²) >= 11 is 0. The molecule has 9 rings (SSSR count). The topological polar surface area (TPSA) is 38.7 Å². The molecule has 0 saturated carbocycles. The average molecular weight is 690 g/mol. The SMILES string of the molecule is c1ccc(-c2ccc(-c3nc(-c4ccc(-c5ccccc5-c5ccccc5)c(-c5ccccc5)c4)nc(-c4ccccc4-c4ccccc4)n3)cc2)cc1. The van der Waals surface area contributed by atoms with Crippen LogP contribution in [0.4, 0.5) is 0 Å². The van der Waals surface area contributed by atoms with Gasteiger partial charge >= 0.3 is 0 Å². The lowest BCUT2D eigenvalue weighted by Gasteiger charge is -2.17. The zero-order valence-electron chi connectivity index (χ0n) is 29.5. The molecule has 3 nitrogen and oxygen atoms in total. The van der Waals surface area contributed by atoms with Crippen molar-refractivity contribution in [2.45, 2.75) is 0 Å². The Morgan fingerprint density at radius 2 is 0.519 bits per heavy atom. The van der Waals surface area contributed by atoms with Crippen LogP contribution in [-0.2, 0) is 0 Å². The lowest BCUT2D eigenvalue weighted by atomic mass is 9.88. The van der Waals surface area contributed by atoms with E-state index in [0.717, 1.165) is 50.1 Å². The molecule has 254 valence electrons. The van der Waals surface area contributed by atoms with Crippen molar-refractivity contribution < 1.29 is 0 Å². The highest BCUT2D eigenvalue weighted by molar-refractivity contribution is 5.93.